The summed E-state index contributed by atoms with van der Waals surface area (Å²) in [6.45, 7) is 3.80. The van der Waals surface area contributed by atoms with Gasteiger partial charge in [0.15, 0.2) is 0 Å². The predicted molar refractivity (Wildman–Crippen MR) is 46.4 cm³/mol. The minimum Gasteiger partial charge on any atom is -0.101 e. The van der Waals surface area contributed by atoms with Crippen molar-refractivity contribution in [3.63, 3.8) is 0 Å². The monoisotopic (exact) mass is 179 g/mol. The third-order valence-corrected chi connectivity index (χ3v) is 3.21. The summed E-state index contributed by atoms with van der Waals surface area (Å²) in [6.07, 6.45) is 5.35. The Bertz CT molecular complexity index is 110. The standard InChI is InChI=1S/C8H13Cl2/c1-2-4-7-5-3-6-8(7,9)10/h7H,1-6H2. The molecule has 0 aliphatic heterocycles. The molecule has 1 aliphatic carbocycles. The lowest BCUT2D eigenvalue weighted by Gasteiger charge is -2.20. The molecule has 0 spiro atoms. The van der Waals surface area contributed by atoms with Gasteiger partial charge in [-0.2, -0.15) is 0 Å². The van der Waals surface area contributed by atoms with Gasteiger partial charge in [0.25, 0.3) is 0 Å². The SMILES string of the molecule is [CH2]CCC1CCCC1(Cl)Cl. The molecule has 1 saturated carbocycles. The second-order valence-corrected chi connectivity index (χ2v) is 4.53. The first kappa shape index (κ1) is 8.67. The van der Waals surface area contributed by atoms with Gasteiger partial charge in [0.1, 0.15) is 4.33 Å². The summed E-state index contributed by atoms with van der Waals surface area (Å²) in [6, 6.07) is 0. The van der Waals surface area contributed by atoms with Gasteiger partial charge in [-0.15, -0.1) is 23.2 Å². The van der Waals surface area contributed by atoms with Gasteiger partial charge in [-0.25, -0.2) is 0 Å². The van der Waals surface area contributed by atoms with Gasteiger partial charge >= 0.3 is 0 Å². The van der Waals surface area contributed by atoms with Crippen molar-refractivity contribution in [3.8, 4) is 0 Å². The Balaban J connectivity index is 2.43. The Morgan fingerprint density at radius 1 is 1.50 bits per heavy atom. The molecule has 0 aromatic rings. The average molecular weight is 180 g/mol. The van der Waals surface area contributed by atoms with Gasteiger partial charge in [0.05, 0.1) is 0 Å². The first-order valence-electron chi connectivity index (χ1n) is 3.84. The first-order chi connectivity index (χ1) is 4.67. The highest BCUT2D eigenvalue weighted by molar-refractivity contribution is 6.48. The van der Waals surface area contributed by atoms with E-state index in [-0.39, 0.29) is 0 Å². The normalized spacial score (nSPS) is 30.9. The van der Waals surface area contributed by atoms with Gasteiger partial charge in [-0.3, -0.25) is 0 Å². The molecular formula is C8H13Cl2. The molecule has 0 N–H and O–H groups in total. The van der Waals surface area contributed by atoms with Gasteiger partial charge in [-0.05, 0) is 25.2 Å². The van der Waals surface area contributed by atoms with E-state index in [1.54, 1.807) is 0 Å². The smallest absolute Gasteiger partial charge is 0.101 e. The minimum atomic E-state index is -0.433. The van der Waals surface area contributed by atoms with Crippen LogP contribution >= 0.6 is 23.2 Å². The summed E-state index contributed by atoms with van der Waals surface area (Å²) in [5, 5.41) is 0. The third kappa shape index (κ3) is 1.79. The maximum Gasteiger partial charge on any atom is 0.121 e. The molecule has 1 fully saturated rings. The fourth-order valence-electron chi connectivity index (χ4n) is 1.60. The number of hydrogen-bond donors (Lipinski definition) is 0. The molecule has 0 nitrogen and oxygen atoms in total. The van der Waals surface area contributed by atoms with Crippen LogP contribution in [0.25, 0.3) is 0 Å². The van der Waals surface area contributed by atoms with Gasteiger partial charge < -0.3 is 0 Å². The lowest BCUT2D eigenvalue weighted by molar-refractivity contribution is 0.485. The highest BCUT2D eigenvalue weighted by Gasteiger charge is 2.38. The topological polar surface area (TPSA) is 0 Å². The van der Waals surface area contributed by atoms with Crippen LogP contribution in [0.5, 0.6) is 0 Å². The van der Waals surface area contributed by atoms with Gasteiger partial charge in [0, 0.05) is 0 Å². The molecule has 0 aromatic heterocycles. The van der Waals surface area contributed by atoms with Crippen LogP contribution in [0.1, 0.15) is 32.1 Å². The lowest BCUT2D eigenvalue weighted by atomic mass is 10.0. The first-order valence-corrected chi connectivity index (χ1v) is 4.59. The Kier molecular flexibility index (Phi) is 2.88. The molecule has 1 rings (SSSR count). The maximum atomic E-state index is 6.05. The summed E-state index contributed by atoms with van der Waals surface area (Å²) < 4.78 is -0.433. The van der Waals surface area contributed by atoms with Crippen LogP contribution in [0.2, 0.25) is 0 Å². The lowest BCUT2D eigenvalue weighted by Crippen LogP contribution is -2.18. The Morgan fingerprint density at radius 2 is 2.20 bits per heavy atom. The van der Waals surface area contributed by atoms with Crippen molar-refractivity contribution in [1.82, 2.24) is 0 Å². The van der Waals surface area contributed by atoms with E-state index >= 15 is 0 Å². The molecule has 0 aromatic carbocycles. The molecule has 1 radical (unpaired) electrons. The molecule has 1 atom stereocenters. The summed E-state index contributed by atoms with van der Waals surface area (Å²) in [4.78, 5) is 0. The quantitative estimate of drug-likeness (QED) is 0.569. The van der Waals surface area contributed by atoms with E-state index in [9.17, 15) is 0 Å². The zero-order valence-electron chi connectivity index (χ0n) is 6.08. The van der Waals surface area contributed by atoms with E-state index in [1.807, 2.05) is 0 Å². The van der Waals surface area contributed by atoms with Crippen LogP contribution in [0, 0.1) is 12.8 Å². The Labute approximate surface area is 72.9 Å². The summed E-state index contributed by atoms with van der Waals surface area (Å²) in [7, 11) is 0. The molecule has 1 unspecified atom stereocenters. The van der Waals surface area contributed by atoms with E-state index in [0.717, 1.165) is 19.3 Å². The highest BCUT2D eigenvalue weighted by atomic mass is 35.5. The molecule has 0 saturated heterocycles. The molecule has 2 heteroatoms. The predicted octanol–water partition coefficient (Wildman–Crippen LogP) is 3.57. The number of hydrogen-bond acceptors (Lipinski definition) is 0. The van der Waals surface area contributed by atoms with E-state index in [1.165, 1.54) is 12.8 Å². The molecule has 10 heavy (non-hydrogen) atoms. The third-order valence-electron chi connectivity index (χ3n) is 2.21. The van der Waals surface area contributed by atoms with Crippen molar-refractivity contribution in [2.45, 2.75) is 36.4 Å². The van der Waals surface area contributed by atoms with Crippen molar-refractivity contribution >= 4 is 23.2 Å². The molecule has 0 bridgehead atoms. The molecule has 0 amide bonds. The van der Waals surface area contributed by atoms with Crippen molar-refractivity contribution in [1.29, 1.82) is 0 Å². The van der Waals surface area contributed by atoms with Crippen LogP contribution in [0.15, 0.2) is 0 Å². The molecule has 59 valence electrons. The number of halogens is 2. The van der Waals surface area contributed by atoms with Crippen LogP contribution in [0.3, 0.4) is 0 Å². The van der Waals surface area contributed by atoms with Crippen LogP contribution in [-0.4, -0.2) is 4.33 Å². The number of rotatable bonds is 2. The van der Waals surface area contributed by atoms with Crippen molar-refractivity contribution in [3.05, 3.63) is 6.92 Å². The molecule has 0 heterocycles. The van der Waals surface area contributed by atoms with Crippen LogP contribution in [0.4, 0.5) is 0 Å². The van der Waals surface area contributed by atoms with Crippen molar-refractivity contribution < 1.29 is 0 Å². The second-order valence-electron chi connectivity index (χ2n) is 2.99. The summed E-state index contributed by atoms with van der Waals surface area (Å²) in [5.41, 5.74) is 0. The Morgan fingerprint density at radius 3 is 2.60 bits per heavy atom. The Hall–Kier alpha value is 0.580. The van der Waals surface area contributed by atoms with E-state index in [4.69, 9.17) is 23.2 Å². The number of alkyl halides is 2. The van der Waals surface area contributed by atoms with Crippen molar-refractivity contribution in [2.75, 3.05) is 0 Å². The average Bonchev–Trinajstić information content (AvgIpc) is 2.13. The minimum absolute atomic E-state index is 0.433. The second kappa shape index (κ2) is 3.32. The summed E-state index contributed by atoms with van der Waals surface area (Å²) in [5.74, 6) is 0.494. The fraction of sp³-hybridized carbons (Fsp3) is 0.875. The van der Waals surface area contributed by atoms with Crippen LogP contribution in [-0.2, 0) is 0 Å². The highest BCUT2D eigenvalue weighted by Crippen LogP contribution is 2.46. The van der Waals surface area contributed by atoms with Gasteiger partial charge in [-0.1, -0.05) is 19.8 Å². The largest absolute Gasteiger partial charge is 0.121 e. The van der Waals surface area contributed by atoms with E-state index in [0.29, 0.717) is 5.92 Å². The zero-order chi connectivity index (χ0) is 7.61. The maximum absolute atomic E-state index is 6.05. The van der Waals surface area contributed by atoms with Gasteiger partial charge in [0.2, 0.25) is 0 Å². The molecule has 1 aliphatic rings. The van der Waals surface area contributed by atoms with E-state index < -0.39 is 4.33 Å². The molecular weight excluding hydrogens is 167 g/mol. The van der Waals surface area contributed by atoms with Crippen molar-refractivity contribution in [2.24, 2.45) is 5.92 Å². The van der Waals surface area contributed by atoms with E-state index in [2.05, 4.69) is 6.92 Å². The van der Waals surface area contributed by atoms with Crippen LogP contribution < -0.4 is 0 Å². The fourth-order valence-corrected chi connectivity index (χ4v) is 2.31. The summed E-state index contributed by atoms with van der Waals surface area (Å²) >= 11 is 12.1. The zero-order valence-corrected chi connectivity index (χ0v) is 7.59.